The van der Waals surface area contributed by atoms with Crippen molar-refractivity contribution >= 4 is 17.5 Å². The van der Waals surface area contributed by atoms with E-state index in [0.717, 1.165) is 31.5 Å². The first kappa shape index (κ1) is 16.8. The number of amides is 2. The second-order valence-electron chi connectivity index (χ2n) is 6.99. The van der Waals surface area contributed by atoms with Crippen LogP contribution in [0.4, 0.5) is 5.69 Å². The maximum Gasteiger partial charge on any atom is 0.250 e. The Kier molecular flexibility index (Phi) is 4.76. The monoisotopic (exact) mass is 331 g/mol. The van der Waals surface area contributed by atoms with Crippen molar-refractivity contribution < 1.29 is 14.7 Å². The molecule has 1 heterocycles. The molecule has 1 saturated carbocycles. The van der Waals surface area contributed by atoms with E-state index in [2.05, 4.69) is 10.2 Å². The van der Waals surface area contributed by atoms with E-state index < -0.39 is 11.5 Å². The van der Waals surface area contributed by atoms with Crippen molar-refractivity contribution in [2.24, 2.45) is 5.73 Å². The average Bonchev–Trinajstić information content (AvgIpc) is 3.16. The minimum absolute atomic E-state index is 0.0310. The molecule has 6 heteroatoms. The molecule has 6 nitrogen and oxygen atoms in total. The predicted molar refractivity (Wildman–Crippen MR) is 91.8 cm³/mol. The third-order valence-electron chi connectivity index (χ3n) is 5.09. The van der Waals surface area contributed by atoms with Gasteiger partial charge in [0.05, 0.1) is 17.6 Å². The molecule has 1 aliphatic carbocycles. The van der Waals surface area contributed by atoms with E-state index in [9.17, 15) is 14.7 Å². The number of primary amides is 1. The van der Waals surface area contributed by atoms with Crippen LogP contribution in [0.25, 0.3) is 0 Å². The summed E-state index contributed by atoms with van der Waals surface area (Å²) in [5.41, 5.74) is 5.94. The molecule has 0 radical (unpaired) electrons. The molecule has 3 rings (SSSR count). The van der Waals surface area contributed by atoms with E-state index in [1.54, 1.807) is 12.1 Å². The van der Waals surface area contributed by atoms with Crippen LogP contribution >= 0.6 is 0 Å². The van der Waals surface area contributed by atoms with Gasteiger partial charge >= 0.3 is 0 Å². The second-order valence-corrected chi connectivity index (χ2v) is 6.99. The molecule has 130 valence electrons. The van der Waals surface area contributed by atoms with Gasteiger partial charge in [0.2, 0.25) is 5.91 Å². The van der Waals surface area contributed by atoms with Gasteiger partial charge < -0.3 is 21.1 Å². The minimum atomic E-state index is -0.819. The van der Waals surface area contributed by atoms with E-state index in [0.29, 0.717) is 24.9 Å². The maximum atomic E-state index is 12.2. The van der Waals surface area contributed by atoms with E-state index in [4.69, 9.17) is 5.73 Å². The summed E-state index contributed by atoms with van der Waals surface area (Å²) in [6, 6.07) is 7.30. The van der Waals surface area contributed by atoms with Crippen molar-refractivity contribution in [3.8, 4) is 0 Å². The SMILES string of the molecule is NC(=O)c1ccccc1N1CCC(NC(=O)CC2(O)CCCC2)C1. The van der Waals surface area contributed by atoms with E-state index in [1.807, 2.05) is 12.1 Å². The largest absolute Gasteiger partial charge is 0.389 e. The molecule has 1 aromatic rings. The molecule has 2 aliphatic rings. The van der Waals surface area contributed by atoms with Crippen LogP contribution in [0, 0.1) is 0 Å². The first-order valence-electron chi connectivity index (χ1n) is 8.62. The molecule has 2 amide bonds. The summed E-state index contributed by atoms with van der Waals surface area (Å²) in [4.78, 5) is 25.9. The molecule has 1 saturated heterocycles. The minimum Gasteiger partial charge on any atom is -0.389 e. The van der Waals surface area contributed by atoms with Gasteiger partial charge in [-0.1, -0.05) is 25.0 Å². The molecule has 0 bridgehead atoms. The fourth-order valence-corrected chi connectivity index (χ4v) is 3.84. The normalized spacial score (nSPS) is 22.5. The topological polar surface area (TPSA) is 95.7 Å². The van der Waals surface area contributed by atoms with E-state index in [1.165, 1.54) is 0 Å². The number of nitrogens with two attached hydrogens (primary N) is 1. The molecule has 0 aromatic heterocycles. The van der Waals surface area contributed by atoms with Gasteiger partial charge in [0.25, 0.3) is 5.91 Å². The number of anilines is 1. The summed E-state index contributed by atoms with van der Waals surface area (Å²) >= 11 is 0. The number of nitrogens with one attached hydrogen (secondary N) is 1. The summed E-state index contributed by atoms with van der Waals surface area (Å²) in [5.74, 6) is -0.532. The summed E-state index contributed by atoms with van der Waals surface area (Å²) in [6.45, 7) is 1.41. The maximum absolute atomic E-state index is 12.2. The number of carbonyl (C=O) groups is 2. The number of para-hydroxylation sites is 1. The summed E-state index contributed by atoms with van der Waals surface area (Å²) in [6.07, 6.45) is 4.40. The second kappa shape index (κ2) is 6.81. The van der Waals surface area contributed by atoms with Crippen LogP contribution in [0.3, 0.4) is 0 Å². The zero-order valence-corrected chi connectivity index (χ0v) is 13.8. The van der Waals surface area contributed by atoms with Crippen LogP contribution in [0.1, 0.15) is 48.9 Å². The first-order chi connectivity index (χ1) is 11.5. The van der Waals surface area contributed by atoms with Gasteiger partial charge in [0.1, 0.15) is 0 Å². The molecule has 4 N–H and O–H groups in total. The Bertz CT molecular complexity index is 626. The molecule has 1 unspecified atom stereocenters. The summed E-state index contributed by atoms with van der Waals surface area (Å²) in [7, 11) is 0. The molecule has 0 spiro atoms. The van der Waals surface area contributed by atoms with Gasteiger partial charge in [-0.25, -0.2) is 0 Å². The molecular formula is C18H25N3O3. The van der Waals surface area contributed by atoms with Crippen LogP contribution in [0.5, 0.6) is 0 Å². The first-order valence-corrected chi connectivity index (χ1v) is 8.62. The predicted octanol–water partition coefficient (Wildman–Crippen LogP) is 1.18. The lowest BCUT2D eigenvalue weighted by atomic mass is 9.97. The highest BCUT2D eigenvalue weighted by atomic mass is 16.3. The van der Waals surface area contributed by atoms with Gasteiger partial charge in [0.15, 0.2) is 0 Å². The third-order valence-corrected chi connectivity index (χ3v) is 5.09. The van der Waals surface area contributed by atoms with Crippen molar-refractivity contribution in [3.63, 3.8) is 0 Å². The zero-order valence-electron chi connectivity index (χ0n) is 13.8. The lowest BCUT2D eigenvalue weighted by Gasteiger charge is -2.23. The third kappa shape index (κ3) is 3.70. The summed E-state index contributed by atoms with van der Waals surface area (Å²) < 4.78 is 0. The molecule has 2 fully saturated rings. The van der Waals surface area contributed by atoms with Crippen molar-refractivity contribution in [1.29, 1.82) is 0 Å². The number of carbonyl (C=O) groups excluding carboxylic acids is 2. The van der Waals surface area contributed by atoms with Crippen molar-refractivity contribution in [3.05, 3.63) is 29.8 Å². The average molecular weight is 331 g/mol. The zero-order chi connectivity index (χ0) is 17.2. The standard InChI is InChI=1S/C18H25N3O3/c19-17(23)14-5-1-2-6-15(14)21-10-7-13(12-21)20-16(22)11-18(24)8-3-4-9-18/h1-2,5-6,13,24H,3-4,7-12H2,(H2,19,23)(H,20,22). The highest BCUT2D eigenvalue weighted by Crippen LogP contribution is 2.32. The molecule has 1 aliphatic heterocycles. The van der Waals surface area contributed by atoms with Crippen LogP contribution in [0.2, 0.25) is 0 Å². The van der Waals surface area contributed by atoms with Crippen molar-refractivity contribution in [2.45, 2.75) is 50.2 Å². The van der Waals surface area contributed by atoms with Crippen LogP contribution in [0.15, 0.2) is 24.3 Å². The van der Waals surface area contributed by atoms with E-state index >= 15 is 0 Å². The highest BCUT2D eigenvalue weighted by Gasteiger charge is 2.34. The fourth-order valence-electron chi connectivity index (χ4n) is 3.84. The summed E-state index contributed by atoms with van der Waals surface area (Å²) in [5, 5.41) is 13.4. The molecule has 24 heavy (non-hydrogen) atoms. The Balaban J connectivity index is 1.58. The Hall–Kier alpha value is -2.08. The van der Waals surface area contributed by atoms with E-state index in [-0.39, 0.29) is 18.4 Å². The smallest absolute Gasteiger partial charge is 0.250 e. The Morgan fingerprint density at radius 1 is 1.29 bits per heavy atom. The number of aliphatic hydroxyl groups is 1. The highest BCUT2D eigenvalue weighted by molar-refractivity contribution is 5.98. The molecule has 1 aromatic carbocycles. The van der Waals surface area contributed by atoms with Crippen LogP contribution in [-0.2, 0) is 4.79 Å². The quantitative estimate of drug-likeness (QED) is 0.755. The number of benzene rings is 1. The van der Waals surface area contributed by atoms with Gasteiger partial charge in [-0.3, -0.25) is 9.59 Å². The van der Waals surface area contributed by atoms with Crippen LogP contribution in [-0.4, -0.2) is 41.7 Å². The van der Waals surface area contributed by atoms with Gasteiger partial charge in [-0.2, -0.15) is 0 Å². The van der Waals surface area contributed by atoms with Crippen molar-refractivity contribution in [1.82, 2.24) is 5.32 Å². The molecular weight excluding hydrogens is 306 g/mol. The van der Waals surface area contributed by atoms with Crippen molar-refractivity contribution in [2.75, 3.05) is 18.0 Å². The Labute approximate surface area is 142 Å². The molecule has 1 atom stereocenters. The number of hydrogen-bond donors (Lipinski definition) is 3. The van der Waals surface area contributed by atoms with Gasteiger partial charge in [-0.05, 0) is 31.4 Å². The fraction of sp³-hybridized carbons (Fsp3) is 0.556. The number of rotatable bonds is 5. The number of nitrogens with zero attached hydrogens (tertiary/aromatic N) is 1. The number of hydrogen-bond acceptors (Lipinski definition) is 4. The van der Waals surface area contributed by atoms with Gasteiger partial charge in [0, 0.05) is 24.8 Å². The lowest BCUT2D eigenvalue weighted by molar-refractivity contribution is -0.126. The Morgan fingerprint density at radius 3 is 2.71 bits per heavy atom. The Morgan fingerprint density at radius 2 is 2.00 bits per heavy atom. The van der Waals surface area contributed by atoms with Crippen LogP contribution < -0.4 is 16.0 Å². The van der Waals surface area contributed by atoms with Gasteiger partial charge in [-0.15, -0.1) is 0 Å². The lowest BCUT2D eigenvalue weighted by Crippen LogP contribution is -2.41.